The number of nitrogens with one attached hydrogen (secondary N) is 1. The number of benzene rings is 4. The molecule has 0 fully saturated rings. The molecule has 0 heterocycles. The summed E-state index contributed by atoms with van der Waals surface area (Å²) in [6, 6.07) is 27.9. The van der Waals surface area contributed by atoms with E-state index in [0.29, 0.717) is 23.7 Å². The predicted octanol–water partition coefficient (Wildman–Crippen LogP) is 5.72. The zero-order valence-corrected chi connectivity index (χ0v) is 27.6. The van der Waals surface area contributed by atoms with E-state index in [1.54, 1.807) is 48.5 Å². The van der Waals surface area contributed by atoms with E-state index >= 15 is 0 Å². The molecule has 0 unspecified atom stereocenters. The highest BCUT2D eigenvalue weighted by Gasteiger charge is 2.35. The molecule has 4 rings (SSSR count). The van der Waals surface area contributed by atoms with Crippen LogP contribution in [-0.2, 0) is 32.6 Å². The summed E-state index contributed by atoms with van der Waals surface area (Å²) in [4.78, 5) is 29.7. The number of para-hydroxylation sites is 2. The standard InChI is InChI=1S/C35H38ClN3O6S/c1-4-22-37-35(41)32(23-26-10-6-5-7-11-26)38(24-27-14-16-28(36)17-15-27)34(40)25-39(31-12-8-9-13-33(31)45-3)46(42,43)30-20-18-29(44-2)19-21-30/h5-21,32H,4,22-25H2,1-3H3,(H,37,41)/t32-/m0/s1. The second-order valence-electron chi connectivity index (χ2n) is 10.5. The van der Waals surface area contributed by atoms with Crippen molar-refractivity contribution in [2.75, 3.05) is 31.6 Å². The van der Waals surface area contributed by atoms with Crippen LogP contribution >= 0.6 is 11.6 Å². The molecule has 0 spiro atoms. The fourth-order valence-corrected chi connectivity index (χ4v) is 6.48. The van der Waals surface area contributed by atoms with E-state index in [4.69, 9.17) is 21.1 Å². The van der Waals surface area contributed by atoms with E-state index in [0.717, 1.165) is 15.4 Å². The summed E-state index contributed by atoms with van der Waals surface area (Å²) < 4.78 is 40.3. The summed E-state index contributed by atoms with van der Waals surface area (Å²) in [5.74, 6) is -0.173. The summed E-state index contributed by atoms with van der Waals surface area (Å²) in [5.41, 5.74) is 1.75. The smallest absolute Gasteiger partial charge is 0.264 e. The molecule has 4 aromatic rings. The molecule has 1 atom stereocenters. The van der Waals surface area contributed by atoms with E-state index in [2.05, 4.69) is 5.32 Å². The highest BCUT2D eigenvalue weighted by atomic mass is 35.5. The van der Waals surface area contributed by atoms with Gasteiger partial charge in [-0.05, 0) is 66.1 Å². The number of rotatable bonds is 15. The van der Waals surface area contributed by atoms with Crippen molar-refractivity contribution in [3.63, 3.8) is 0 Å². The maximum atomic E-state index is 14.5. The average Bonchev–Trinajstić information content (AvgIpc) is 3.08. The highest BCUT2D eigenvalue weighted by molar-refractivity contribution is 7.92. The molecule has 0 aliphatic carbocycles. The van der Waals surface area contributed by atoms with Gasteiger partial charge < -0.3 is 19.7 Å². The second kappa shape index (κ2) is 16.1. The van der Waals surface area contributed by atoms with Gasteiger partial charge in [0.25, 0.3) is 10.0 Å². The lowest BCUT2D eigenvalue weighted by Gasteiger charge is -2.34. The van der Waals surface area contributed by atoms with Gasteiger partial charge in [-0.1, -0.05) is 73.1 Å². The van der Waals surface area contributed by atoms with Gasteiger partial charge in [0.2, 0.25) is 11.8 Å². The number of methoxy groups -OCH3 is 2. The molecule has 2 amide bonds. The summed E-state index contributed by atoms with van der Waals surface area (Å²) in [6.45, 7) is 1.80. The van der Waals surface area contributed by atoms with Crippen molar-refractivity contribution in [1.82, 2.24) is 10.2 Å². The average molecular weight is 664 g/mol. The van der Waals surface area contributed by atoms with Gasteiger partial charge in [-0.3, -0.25) is 13.9 Å². The minimum Gasteiger partial charge on any atom is -0.497 e. The fourth-order valence-electron chi connectivity index (χ4n) is 4.93. The van der Waals surface area contributed by atoms with Crippen molar-refractivity contribution in [2.24, 2.45) is 0 Å². The third-order valence-electron chi connectivity index (χ3n) is 7.37. The molecule has 0 bridgehead atoms. The van der Waals surface area contributed by atoms with Gasteiger partial charge in [-0.2, -0.15) is 0 Å². The molecule has 242 valence electrons. The Bertz CT molecular complexity index is 1700. The molecule has 4 aromatic carbocycles. The molecule has 0 saturated heterocycles. The van der Waals surface area contributed by atoms with Crippen LogP contribution in [0.5, 0.6) is 11.5 Å². The fraction of sp³-hybridized carbons (Fsp3) is 0.257. The molecule has 9 nitrogen and oxygen atoms in total. The molecule has 11 heteroatoms. The number of amides is 2. The van der Waals surface area contributed by atoms with Crippen LogP contribution in [-0.4, -0.2) is 58.5 Å². The van der Waals surface area contributed by atoms with Crippen LogP contribution in [0.25, 0.3) is 0 Å². The monoisotopic (exact) mass is 663 g/mol. The third-order valence-corrected chi connectivity index (χ3v) is 9.39. The van der Waals surface area contributed by atoms with Crippen LogP contribution < -0.4 is 19.1 Å². The van der Waals surface area contributed by atoms with E-state index in [1.165, 1.54) is 43.4 Å². The number of anilines is 1. The Kier molecular flexibility index (Phi) is 12.1. The number of carbonyl (C=O) groups excluding carboxylic acids is 2. The summed E-state index contributed by atoms with van der Waals surface area (Å²) in [5, 5.41) is 3.46. The molecule has 0 radical (unpaired) electrons. The Hall–Kier alpha value is -4.54. The minimum atomic E-state index is -4.31. The summed E-state index contributed by atoms with van der Waals surface area (Å²) >= 11 is 6.14. The third kappa shape index (κ3) is 8.58. The molecule has 0 aliphatic rings. The van der Waals surface area contributed by atoms with Gasteiger partial charge >= 0.3 is 0 Å². The van der Waals surface area contributed by atoms with Crippen molar-refractivity contribution < 1.29 is 27.5 Å². The minimum absolute atomic E-state index is 0.0371. The zero-order valence-electron chi connectivity index (χ0n) is 26.1. The second-order valence-corrected chi connectivity index (χ2v) is 12.8. The maximum Gasteiger partial charge on any atom is 0.264 e. The van der Waals surface area contributed by atoms with E-state index in [1.807, 2.05) is 37.3 Å². The van der Waals surface area contributed by atoms with Crippen molar-refractivity contribution in [1.29, 1.82) is 0 Å². The first-order valence-electron chi connectivity index (χ1n) is 14.8. The van der Waals surface area contributed by atoms with Crippen molar-refractivity contribution in [3.05, 3.63) is 119 Å². The molecule has 0 aliphatic heterocycles. The van der Waals surface area contributed by atoms with Gasteiger partial charge in [0, 0.05) is 24.5 Å². The normalized spacial score (nSPS) is 11.7. The van der Waals surface area contributed by atoms with Gasteiger partial charge in [-0.15, -0.1) is 0 Å². The van der Waals surface area contributed by atoms with Gasteiger partial charge in [-0.25, -0.2) is 8.42 Å². The molecule has 0 aromatic heterocycles. The van der Waals surface area contributed by atoms with E-state index < -0.39 is 28.5 Å². The zero-order chi connectivity index (χ0) is 33.1. The Labute approximate surface area is 275 Å². The summed E-state index contributed by atoms with van der Waals surface area (Å²) in [6.07, 6.45) is 0.923. The molecular weight excluding hydrogens is 626 g/mol. The molecule has 1 N–H and O–H groups in total. The first-order valence-corrected chi connectivity index (χ1v) is 16.6. The van der Waals surface area contributed by atoms with Crippen LogP contribution in [0.1, 0.15) is 24.5 Å². The SMILES string of the molecule is CCCNC(=O)[C@H](Cc1ccccc1)N(Cc1ccc(Cl)cc1)C(=O)CN(c1ccccc1OC)S(=O)(=O)c1ccc(OC)cc1. The van der Waals surface area contributed by atoms with Crippen molar-refractivity contribution >= 4 is 39.1 Å². The van der Waals surface area contributed by atoms with Crippen LogP contribution in [0.4, 0.5) is 5.69 Å². The molecular formula is C35H38ClN3O6S. The number of halogens is 1. The number of hydrogen-bond acceptors (Lipinski definition) is 6. The van der Waals surface area contributed by atoms with Gasteiger partial charge in [0.15, 0.2) is 0 Å². The predicted molar refractivity (Wildman–Crippen MR) is 180 cm³/mol. The summed E-state index contributed by atoms with van der Waals surface area (Å²) in [7, 11) is -1.39. The van der Waals surface area contributed by atoms with E-state index in [-0.39, 0.29) is 35.2 Å². The van der Waals surface area contributed by atoms with Crippen molar-refractivity contribution in [2.45, 2.75) is 37.2 Å². The lowest BCUT2D eigenvalue weighted by molar-refractivity contribution is -0.140. The number of nitrogens with zero attached hydrogens (tertiary/aromatic N) is 2. The lowest BCUT2D eigenvalue weighted by Crippen LogP contribution is -2.53. The topological polar surface area (TPSA) is 105 Å². The Morgan fingerprint density at radius 3 is 2.11 bits per heavy atom. The van der Waals surface area contributed by atoms with Gasteiger partial charge in [0.1, 0.15) is 24.1 Å². The van der Waals surface area contributed by atoms with Crippen LogP contribution in [0, 0.1) is 0 Å². The lowest BCUT2D eigenvalue weighted by atomic mass is 10.0. The molecule has 0 saturated carbocycles. The first-order chi connectivity index (χ1) is 22.2. The van der Waals surface area contributed by atoms with Crippen LogP contribution in [0.2, 0.25) is 5.02 Å². The number of carbonyl (C=O) groups is 2. The van der Waals surface area contributed by atoms with Crippen molar-refractivity contribution in [3.8, 4) is 11.5 Å². The van der Waals surface area contributed by atoms with Crippen LogP contribution in [0.3, 0.4) is 0 Å². The quantitative estimate of drug-likeness (QED) is 0.175. The first kappa shape index (κ1) is 34.3. The Morgan fingerprint density at radius 2 is 1.48 bits per heavy atom. The molecule has 46 heavy (non-hydrogen) atoms. The van der Waals surface area contributed by atoms with E-state index in [9.17, 15) is 18.0 Å². The largest absolute Gasteiger partial charge is 0.497 e. The Balaban J connectivity index is 1.82. The van der Waals surface area contributed by atoms with Gasteiger partial charge in [0.05, 0.1) is 24.8 Å². The Morgan fingerprint density at radius 1 is 0.826 bits per heavy atom. The maximum absolute atomic E-state index is 14.5. The highest BCUT2D eigenvalue weighted by Crippen LogP contribution is 2.33. The van der Waals surface area contributed by atoms with Crippen LogP contribution in [0.15, 0.2) is 108 Å². The number of hydrogen-bond donors (Lipinski definition) is 1. The number of sulfonamides is 1. The number of ether oxygens (including phenoxy) is 2.